The second kappa shape index (κ2) is 9.64. The van der Waals surface area contributed by atoms with E-state index >= 15 is 0 Å². The van der Waals surface area contributed by atoms with Gasteiger partial charge in [0.1, 0.15) is 0 Å². The average Bonchev–Trinajstić information content (AvgIpc) is 3.26. The number of non-ortho nitro benzene ring substituents is 1. The Morgan fingerprint density at radius 2 is 1.71 bits per heavy atom. The van der Waals surface area contributed by atoms with Crippen molar-refractivity contribution in [2.75, 3.05) is 24.5 Å². The van der Waals surface area contributed by atoms with Crippen LogP contribution in [-0.2, 0) is 31.8 Å². The fraction of sp³-hybridized carbons (Fsp3) is 0.407. The number of carbonyl (C=O) groups excluding carboxylic acids is 3. The highest BCUT2D eigenvalue weighted by molar-refractivity contribution is 6.23. The number of ether oxygens (including phenoxy) is 1. The summed E-state index contributed by atoms with van der Waals surface area (Å²) >= 11 is 0. The fourth-order valence-corrected chi connectivity index (χ4v) is 6.33. The minimum absolute atomic E-state index is 0.0708. The van der Waals surface area contributed by atoms with Gasteiger partial charge in [0.05, 0.1) is 57.4 Å². The highest BCUT2D eigenvalue weighted by Crippen LogP contribution is 2.55. The molecule has 3 aliphatic heterocycles. The van der Waals surface area contributed by atoms with Crippen molar-refractivity contribution in [2.45, 2.75) is 37.8 Å². The number of nitrogens with one attached hydrogen (secondary N) is 1. The number of likely N-dealkylation sites (tertiary alicyclic amines) is 1. The van der Waals surface area contributed by atoms with Crippen molar-refractivity contribution in [1.29, 1.82) is 5.26 Å². The Morgan fingerprint density at radius 3 is 2.22 bits per heavy atom. The van der Waals surface area contributed by atoms with E-state index in [1.54, 1.807) is 18.7 Å². The molecule has 0 aliphatic carbocycles. The number of alkyl halides is 3. The number of anilines is 1. The Balaban J connectivity index is 1.31. The van der Waals surface area contributed by atoms with E-state index in [2.05, 4.69) is 5.32 Å². The van der Waals surface area contributed by atoms with Crippen LogP contribution in [-0.4, -0.2) is 58.4 Å². The van der Waals surface area contributed by atoms with Crippen LogP contribution in [0.15, 0.2) is 42.5 Å². The summed E-state index contributed by atoms with van der Waals surface area (Å²) in [6, 6.07) is 9.93. The molecular formula is C27H24F3N5O6. The van der Waals surface area contributed by atoms with Crippen LogP contribution in [0.3, 0.4) is 0 Å². The van der Waals surface area contributed by atoms with E-state index in [0.29, 0.717) is 11.6 Å². The van der Waals surface area contributed by atoms with E-state index < -0.39 is 57.1 Å². The maximum atomic E-state index is 13.6. The number of nitro groups is 1. The van der Waals surface area contributed by atoms with Crippen molar-refractivity contribution in [3.05, 3.63) is 69.3 Å². The molecule has 0 aromatic heterocycles. The molecule has 3 aliphatic rings. The second-order valence-corrected chi connectivity index (χ2v) is 10.9. The van der Waals surface area contributed by atoms with Crippen LogP contribution in [0.4, 0.5) is 24.5 Å². The minimum Gasteiger partial charge on any atom is -0.365 e. The van der Waals surface area contributed by atoms with Crippen LogP contribution >= 0.6 is 0 Å². The molecule has 11 nitrogen and oxygen atoms in total. The number of halogens is 3. The molecule has 214 valence electrons. The first-order valence-electron chi connectivity index (χ1n) is 12.6. The Hall–Kier alpha value is -4.35. The van der Waals surface area contributed by atoms with Gasteiger partial charge in [-0.05, 0) is 37.6 Å². The fourth-order valence-electron chi connectivity index (χ4n) is 6.33. The van der Waals surface area contributed by atoms with Crippen LogP contribution in [0.2, 0.25) is 0 Å². The second-order valence-electron chi connectivity index (χ2n) is 10.9. The van der Waals surface area contributed by atoms with E-state index in [0.717, 1.165) is 17.0 Å². The van der Waals surface area contributed by atoms with Gasteiger partial charge in [-0.25, -0.2) is 4.90 Å². The molecule has 2 bridgehead atoms. The average molecular weight is 572 g/mol. The molecule has 3 saturated heterocycles. The Kier molecular flexibility index (Phi) is 6.62. The van der Waals surface area contributed by atoms with Gasteiger partial charge in [-0.2, -0.15) is 18.4 Å². The quantitative estimate of drug-likeness (QED) is 0.317. The first-order valence-corrected chi connectivity index (χ1v) is 12.6. The van der Waals surface area contributed by atoms with Crippen molar-refractivity contribution >= 4 is 29.1 Å². The molecule has 41 heavy (non-hydrogen) atoms. The van der Waals surface area contributed by atoms with E-state index in [-0.39, 0.29) is 43.5 Å². The maximum absolute atomic E-state index is 13.6. The third-order valence-electron chi connectivity index (χ3n) is 7.85. The molecular weight excluding hydrogens is 547 g/mol. The molecule has 2 aromatic carbocycles. The third kappa shape index (κ3) is 4.81. The number of fused-ring (bicyclic) bond motifs is 5. The van der Waals surface area contributed by atoms with Gasteiger partial charge in [-0.1, -0.05) is 12.1 Å². The van der Waals surface area contributed by atoms with Crippen LogP contribution in [0.1, 0.15) is 30.5 Å². The maximum Gasteiger partial charge on any atom is 0.417 e. The topological polar surface area (TPSA) is 146 Å². The summed E-state index contributed by atoms with van der Waals surface area (Å²) in [5.74, 6) is -3.73. The molecule has 0 spiro atoms. The minimum atomic E-state index is -4.86. The number of amides is 3. The molecule has 4 atom stereocenters. The van der Waals surface area contributed by atoms with Crippen molar-refractivity contribution in [1.82, 2.24) is 10.2 Å². The Bertz CT molecular complexity index is 1470. The third-order valence-corrected chi connectivity index (χ3v) is 7.85. The van der Waals surface area contributed by atoms with Crippen molar-refractivity contribution in [3.8, 4) is 6.07 Å². The summed E-state index contributed by atoms with van der Waals surface area (Å²) in [6.45, 7) is 3.58. The molecule has 2 aromatic rings. The van der Waals surface area contributed by atoms with Gasteiger partial charge < -0.3 is 10.1 Å². The molecule has 1 N–H and O–H groups in total. The number of morpholine rings is 1. The molecule has 1 unspecified atom stereocenters. The van der Waals surface area contributed by atoms with E-state index in [1.165, 1.54) is 30.3 Å². The number of imide groups is 1. The largest absolute Gasteiger partial charge is 0.417 e. The summed E-state index contributed by atoms with van der Waals surface area (Å²) < 4.78 is 46.9. The predicted molar refractivity (Wildman–Crippen MR) is 135 cm³/mol. The summed E-state index contributed by atoms with van der Waals surface area (Å²) in [6.07, 6.45) is -4.86. The van der Waals surface area contributed by atoms with Gasteiger partial charge in [0.2, 0.25) is 17.7 Å². The first-order chi connectivity index (χ1) is 19.2. The molecule has 5 rings (SSSR count). The standard InChI is InChI=1S/C27H24F3N5O6/c1-25-13-33(12-20(36)32-11-15-3-6-17(7-4-15)35(39)40)14-26(2,41-25)22-21(25)23(37)34(24(22)38)18-8-5-16(10-31)19(9-18)27(28,29)30/h3-9,21-22H,11-14H2,1-2H3,(H,32,36)/t21-,22?,25-,26+/m0/s1. The molecule has 3 amide bonds. The number of nitro benzene ring substituents is 1. The van der Waals surface area contributed by atoms with Gasteiger partial charge in [0.15, 0.2) is 0 Å². The van der Waals surface area contributed by atoms with Gasteiger partial charge in [-0.15, -0.1) is 0 Å². The number of nitriles is 1. The summed E-state index contributed by atoms with van der Waals surface area (Å²) in [5, 5.41) is 22.6. The van der Waals surface area contributed by atoms with Crippen molar-refractivity contribution in [3.63, 3.8) is 0 Å². The van der Waals surface area contributed by atoms with E-state index in [1.807, 2.05) is 0 Å². The number of hydrogen-bond acceptors (Lipinski definition) is 8. The Morgan fingerprint density at radius 1 is 1.12 bits per heavy atom. The van der Waals surface area contributed by atoms with Crippen molar-refractivity contribution in [2.24, 2.45) is 11.8 Å². The number of carbonyl (C=O) groups is 3. The molecule has 14 heteroatoms. The lowest BCUT2D eigenvalue weighted by molar-refractivity contribution is -0.384. The monoisotopic (exact) mass is 571 g/mol. The smallest absolute Gasteiger partial charge is 0.365 e. The van der Waals surface area contributed by atoms with Gasteiger partial charge >= 0.3 is 6.18 Å². The zero-order chi connectivity index (χ0) is 29.9. The summed E-state index contributed by atoms with van der Waals surface area (Å²) in [4.78, 5) is 52.7. The molecule has 0 radical (unpaired) electrons. The van der Waals surface area contributed by atoms with Crippen LogP contribution in [0.25, 0.3) is 0 Å². The molecule has 0 saturated carbocycles. The number of nitrogens with zero attached hydrogens (tertiary/aromatic N) is 4. The summed E-state index contributed by atoms with van der Waals surface area (Å²) in [5.41, 5.74) is -3.94. The molecule has 3 heterocycles. The van der Waals surface area contributed by atoms with Crippen LogP contribution < -0.4 is 10.2 Å². The first kappa shape index (κ1) is 28.2. The highest BCUT2D eigenvalue weighted by Gasteiger charge is 2.71. The Labute approximate surface area is 231 Å². The van der Waals surface area contributed by atoms with Crippen LogP contribution in [0, 0.1) is 33.3 Å². The van der Waals surface area contributed by atoms with E-state index in [9.17, 15) is 37.7 Å². The van der Waals surface area contributed by atoms with Crippen LogP contribution in [0.5, 0.6) is 0 Å². The van der Waals surface area contributed by atoms with Crippen molar-refractivity contribution < 1.29 is 37.2 Å². The SMILES string of the molecule is C[C@]12CN(CC(=O)NCc3ccc([N+](=O)[O-])cc3)C[C@](C)(O1)[C@@H]1C(=O)N(c3ccc(C#N)c(C(F)(F)F)c3)C(=O)C12. The van der Waals surface area contributed by atoms with Gasteiger partial charge in [0.25, 0.3) is 5.69 Å². The number of hydrogen-bond donors (Lipinski definition) is 1. The predicted octanol–water partition coefficient (Wildman–Crippen LogP) is 2.77. The zero-order valence-electron chi connectivity index (χ0n) is 21.9. The van der Waals surface area contributed by atoms with Gasteiger partial charge in [-0.3, -0.25) is 29.4 Å². The lowest BCUT2D eigenvalue weighted by Crippen LogP contribution is -2.59. The lowest BCUT2D eigenvalue weighted by Gasteiger charge is -2.44. The zero-order valence-corrected chi connectivity index (χ0v) is 21.9. The molecule has 3 fully saturated rings. The number of rotatable bonds is 6. The summed E-state index contributed by atoms with van der Waals surface area (Å²) in [7, 11) is 0. The van der Waals surface area contributed by atoms with E-state index in [4.69, 9.17) is 10.00 Å². The van der Waals surface area contributed by atoms with Gasteiger partial charge in [0, 0.05) is 31.8 Å². The number of benzene rings is 2. The highest BCUT2D eigenvalue weighted by atomic mass is 19.4. The lowest BCUT2D eigenvalue weighted by atomic mass is 9.79. The normalized spacial score (nSPS) is 27.5.